The Morgan fingerprint density at radius 2 is 1.75 bits per heavy atom. The molecule has 0 spiro atoms. The van der Waals surface area contributed by atoms with Crippen molar-refractivity contribution in [3.8, 4) is 11.5 Å². The molecule has 0 amide bonds. The second-order valence-electron chi connectivity index (χ2n) is 9.33. The molecule has 1 aromatic rings. The minimum atomic E-state index is -0.437. The Morgan fingerprint density at radius 3 is 2.29 bits per heavy atom. The summed E-state index contributed by atoms with van der Waals surface area (Å²) in [4.78, 5) is 25.2. The van der Waals surface area contributed by atoms with E-state index < -0.39 is 11.9 Å². The van der Waals surface area contributed by atoms with E-state index in [2.05, 4.69) is 32.7 Å². The van der Waals surface area contributed by atoms with Gasteiger partial charge in [-0.2, -0.15) is 0 Å². The van der Waals surface area contributed by atoms with Crippen molar-refractivity contribution in [1.82, 2.24) is 4.90 Å². The van der Waals surface area contributed by atoms with Crippen LogP contribution in [-0.2, 0) is 16.0 Å². The molecular weight excluding hydrogens is 354 g/mol. The Kier molecular flexibility index (Phi) is 5.59. The number of carbonyl (C=O) groups excluding carboxylic acids is 2. The van der Waals surface area contributed by atoms with Crippen LogP contribution in [0.25, 0.3) is 0 Å². The van der Waals surface area contributed by atoms with Gasteiger partial charge in [0.1, 0.15) is 0 Å². The molecule has 0 N–H and O–H groups in total. The van der Waals surface area contributed by atoms with Crippen LogP contribution >= 0.6 is 0 Å². The van der Waals surface area contributed by atoms with Gasteiger partial charge in [0.05, 0.1) is 0 Å². The fraction of sp³-hybridized carbons (Fsp3) is 0.652. The molecule has 0 heterocycles. The lowest BCUT2D eigenvalue weighted by molar-refractivity contribution is -0.134. The first-order chi connectivity index (χ1) is 13.0. The van der Waals surface area contributed by atoms with Crippen molar-refractivity contribution in [3.05, 3.63) is 23.8 Å². The molecule has 1 aromatic carbocycles. The second kappa shape index (κ2) is 7.51. The minimum absolute atomic E-state index is 0.280. The van der Waals surface area contributed by atoms with E-state index >= 15 is 0 Å². The van der Waals surface area contributed by atoms with E-state index in [1.165, 1.54) is 33.1 Å². The number of esters is 2. The van der Waals surface area contributed by atoms with Gasteiger partial charge in [-0.15, -0.1) is 0 Å². The quantitative estimate of drug-likeness (QED) is 0.540. The van der Waals surface area contributed by atoms with Crippen LogP contribution in [0.2, 0.25) is 0 Å². The van der Waals surface area contributed by atoms with Crippen LogP contribution in [0.1, 0.15) is 59.4 Å². The van der Waals surface area contributed by atoms with E-state index in [4.69, 9.17) is 9.47 Å². The molecule has 2 bridgehead atoms. The molecular formula is C23H33NO4. The van der Waals surface area contributed by atoms with Gasteiger partial charge in [0.2, 0.25) is 0 Å². The SMILES string of the molecule is CC(=O)Oc1ccc(CCN(C)[C@@H]2C[C@@H]3CC[C@]2(C)C3(C)C)cc1OC(C)=O. The molecule has 3 atom stereocenters. The second-order valence-corrected chi connectivity index (χ2v) is 9.33. The lowest BCUT2D eigenvalue weighted by atomic mass is 9.69. The van der Waals surface area contributed by atoms with Crippen molar-refractivity contribution >= 4 is 11.9 Å². The highest BCUT2D eigenvalue weighted by molar-refractivity contribution is 5.73. The van der Waals surface area contributed by atoms with Gasteiger partial charge < -0.3 is 14.4 Å². The summed E-state index contributed by atoms with van der Waals surface area (Å²) in [6.07, 6.45) is 4.80. The molecule has 3 rings (SSSR count). The number of likely N-dealkylation sites (N-methyl/N-ethyl adjacent to an activating group) is 1. The maximum absolute atomic E-state index is 11.4. The Morgan fingerprint density at radius 1 is 1.11 bits per heavy atom. The molecule has 2 saturated carbocycles. The first-order valence-electron chi connectivity index (χ1n) is 10.2. The van der Waals surface area contributed by atoms with E-state index in [-0.39, 0.29) is 5.75 Å². The monoisotopic (exact) mass is 387 g/mol. The molecule has 28 heavy (non-hydrogen) atoms. The van der Waals surface area contributed by atoms with Gasteiger partial charge >= 0.3 is 11.9 Å². The topological polar surface area (TPSA) is 55.8 Å². The fourth-order valence-electron chi connectivity index (χ4n) is 5.47. The third-order valence-corrected chi connectivity index (χ3v) is 7.55. The molecule has 0 radical (unpaired) electrons. The van der Waals surface area contributed by atoms with E-state index in [0.29, 0.717) is 22.6 Å². The van der Waals surface area contributed by atoms with Gasteiger partial charge in [0.15, 0.2) is 11.5 Å². The zero-order chi connectivity index (χ0) is 20.7. The van der Waals surface area contributed by atoms with E-state index in [9.17, 15) is 9.59 Å². The standard InChI is InChI=1S/C23H33NO4/c1-15(25)27-19-8-7-17(13-20(19)28-16(2)26)10-12-24(6)21-14-18-9-11-23(21,5)22(18,3)4/h7-8,13,18,21H,9-12,14H2,1-6H3/t18-,21+,23-/m0/s1. The van der Waals surface area contributed by atoms with E-state index in [1.54, 1.807) is 12.1 Å². The highest BCUT2D eigenvalue weighted by atomic mass is 16.6. The van der Waals surface area contributed by atoms with E-state index in [0.717, 1.165) is 24.4 Å². The summed E-state index contributed by atoms with van der Waals surface area (Å²) in [7, 11) is 2.23. The molecule has 154 valence electrons. The lowest BCUT2D eigenvalue weighted by Crippen LogP contribution is -2.46. The van der Waals surface area contributed by atoms with Gasteiger partial charge in [-0.05, 0) is 67.2 Å². The summed E-state index contributed by atoms with van der Waals surface area (Å²) >= 11 is 0. The normalized spacial score (nSPS) is 27.8. The van der Waals surface area contributed by atoms with Crippen molar-refractivity contribution in [2.75, 3.05) is 13.6 Å². The number of hydrogen-bond acceptors (Lipinski definition) is 5. The molecule has 0 unspecified atom stereocenters. The predicted octanol–water partition coefficient (Wildman–Crippen LogP) is 4.23. The van der Waals surface area contributed by atoms with Crippen LogP contribution in [-0.4, -0.2) is 36.5 Å². The Hall–Kier alpha value is -1.88. The first kappa shape index (κ1) is 20.8. The number of ether oxygens (including phenoxy) is 2. The third-order valence-electron chi connectivity index (χ3n) is 7.55. The van der Waals surface area contributed by atoms with Crippen molar-refractivity contribution in [2.45, 2.75) is 66.3 Å². The molecule has 2 fully saturated rings. The van der Waals surface area contributed by atoms with Crippen molar-refractivity contribution < 1.29 is 19.1 Å². The maximum Gasteiger partial charge on any atom is 0.308 e. The number of fused-ring (bicyclic) bond motifs is 2. The number of benzene rings is 1. The van der Waals surface area contributed by atoms with Crippen molar-refractivity contribution in [1.29, 1.82) is 0 Å². The minimum Gasteiger partial charge on any atom is -0.423 e. The highest BCUT2D eigenvalue weighted by Gasteiger charge is 2.61. The number of hydrogen-bond donors (Lipinski definition) is 0. The highest BCUT2D eigenvalue weighted by Crippen LogP contribution is 2.66. The van der Waals surface area contributed by atoms with Crippen LogP contribution < -0.4 is 9.47 Å². The largest absolute Gasteiger partial charge is 0.423 e. The van der Waals surface area contributed by atoms with Crippen LogP contribution in [0, 0.1) is 16.7 Å². The molecule has 2 aliphatic rings. The summed E-state index contributed by atoms with van der Waals surface area (Å²) in [6, 6.07) is 6.05. The van der Waals surface area contributed by atoms with Gasteiger partial charge in [-0.1, -0.05) is 26.8 Å². The zero-order valence-electron chi connectivity index (χ0n) is 18.0. The smallest absolute Gasteiger partial charge is 0.308 e. The molecule has 5 heteroatoms. The van der Waals surface area contributed by atoms with Gasteiger partial charge in [0.25, 0.3) is 0 Å². The van der Waals surface area contributed by atoms with Crippen LogP contribution in [0.3, 0.4) is 0 Å². The van der Waals surface area contributed by atoms with Crippen molar-refractivity contribution in [3.63, 3.8) is 0 Å². The van der Waals surface area contributed by atoms with Gasteiger partial charge in [0, 0.05) is 26.4 Å². The first-order valence-corrected chi connectivity index (χ1v) is 10.2. The summed E-state index contributed by atoms with van der Waals surface area (Å²) < 4.78 is 10.4. The molecule has 0 aliphatic heterocycles. The Labute approximate surface area is 168 Å². The van der Waals surface area contributed by atoms with Gasteiger partial charge in [-0.3, -0.25) is 9.59 Å². The molecule has 0 aromatic heterocycles. The average molecular weight is 388 g/mol. The maximum atomic E-state index is 11.4. The number of carbonyl (C=O) groups is 2. The fourth-order valence-corrected chi connectivity index (χ4v) is 5.47. The number of rotatable bonds is 6. The van der Waals surface area contributed by atoms with E-state index in [1.807, 2.05) is 6.07 Å². The van der Waals surface area contributed by atoms with Gasteiger partial charge in [-0.25, -0.2) is 0 Å². The average Bonchev–Trinajstić information content (AvgIpc) is 2.94. The summed E-state index contributed by atoms with van der Waals surface area (Å²) in [5.74, 6) is 0.536. The predicted molar refractivity (Wildman–Crippen MR) is 108 cm³/mol. The van der Waals surface area contributed by atoms with Crippen molar-refractivity contribution in [2.24, 2.45) is 16.7 Å². The molecule has 0 saturated heterocycles. The zero-order valence-corrected chi connectivity index (χ0v) is 18.0. The summed E-state index contributed by atoms with van der Waals surface area (Å²) in [6.45, 7) is 11.0. The Balaban J connectivity index is 1.69. The number of nitrogens with zero attached hydrogens (tertiary/aromatic N) is 1. The summed E-state index contributed by atoms with van der Waals surface area (Å²) in [5, 5.41) is 0. The van der Waals surface area contributed by atoms with Crippen LogP contribution in [0.15, 0.2) is 18.2 Å². The Bertz CT molecular complexity index is 772. The van der Waals surface area contributed by atoms with Crippen LogP contribution in [0.5, 0.6) is 11.5 Å². The summed E-state index contributed by atoms with van der Waals surface area (Å²) in [5.41, 5.74) is 1.83. The third kappa shape index (κ3) is 3.69. The van der Waals surface area contributed by atoms with Crippen LogP contribution in [0.4, 0.5) is 0 Å². The molecule has 5 nitrogen and oxygen atoms in total. The molecule has 2 aliphatic carbocycles. The lowest BCUT2D eigenvalue weighted by Gasteiger charge is -2.43.